The number of aliphatic hydroxyl groups excluding tert-OH is 1. The van der Waals surface area contributed by atoms with Gasteiger partial charge < -0.3 is 10.1 Å². The Labute approximate surface area is 200 Å². The van der Waals surface area contributed by atoms with Crippen molar-refractivity contribution in [2.45, 2.75) is 23.8 Å². The number of hydrogen-bond donors (Lipinski definition) is 2. The van der Waals surface area contributed by atoms with Gasteiger partial charge >= 0.3 is 0 Å². The number of hydrogen-bond acceptors (Lipinski definition) is 4. The molecule has 1 unspecified atom stereocenters. The summed E-state index contributed by atoms with van der Waals surface area (Å²) in [6.07, 6.45) is 1.76. The van der Waals surface area contributed by atoms with Crippen LogP contribution >= 0.6 is 35.0 Å². The van der Waals surface area contributed by atoms with Crippen LogP contribution in [-0.4, -0.2) is 20.8 Å². The van der Waals surface area contributed by atoms with Crippen molar-refractivity contribution in [2.24, 2.45) is 5.92 Å². The molecule has 4 nitrogen and oxygen atoms in total. The molecule has 0 saturated heterocycles. The first-order valence-electron chi connectivity index (χ1n) is 10.3. The van der Waals surface area contributed by atoms with Gasteiger partial charge in [-0.2, -0.15) is 5.26 Å². The minimum atomic E-state index is -0.922. The van der Waals surface area contributed by atoms with Crippen molar-refractivity contribution >= 4 is 46.0 Å². The lowest BCUT2D eigenvalue weighted by Gasteiger charge is -2.09. The second-order valence-electron chi connectivity index (χ2n) is 7.95. The van der Waals surface area contributed by atoms with Crippen molar-refractivity contribution in [3.8, 4) is 17.2 Å². The van der Waals surface area contributed by atoms with Gasteiger partial charge in [-0.1, -0.05) is 53.5 Å². The van der Waals surface area contributed by atoms with Gasteiger partial charge in [0.15, 0.2) is 0 Å². The average Bonchev–Trinajstić information content (AvgIpc) is 3.55. The molecule has 1 aliphatic rings. The van der Waals surface area contributed by atoms with Crippen LogP contribution in [0.3, 0.4) is 0 Å². The van der Waals surface area contributed by atoms with Gasteiger partial charge in [0.2, 0.25) is 0 Å². The molecule has 1 atom stereocenters. The van der Waals surface area contributed by atoms with Crippen LogP contribution in [0.5, 0.6) is 0 Å². The Morgan fingerprint density at radius 1 is 1.16 bits per heavy atom. The lowest BCUT2D eigenvalue weighted by molar-refractivity contribution is 0.211. The Balaban J connectivity index is 1.48. The van der Waals surface area contributed by atoms with E-state index in [1.165, 1.54) is 17.7 Å². The maximum absolute atomic E-state index is 10.9. The molecule has 160 valence electrons. The highest BCUT2D eigenvalue weighted by molar-refractivity contribution is 7.99. The third-order valence-corrected chi connectivity index (χ3v) is 7.55. The molecule has 1 aromatic heterocycles. The lowest BCUT2D eigenvalue weighted by atomic mass is 10.00. The van der Waals surface area contributed by atoms with Crippen molar-refractivity contribution in [3.63, 3.8) is 0 Å². The van der Waals surface area contributed by atoms with Gasteiger partial charge in [0.05, 0.1) is 27.2 Å². The number of aromatic nitrogens is 2. The molecule has 5 rings (SSSR count). The lowest BCUT2D eigenvalue weighted by Crippen LogP contribution is -2.01. The highest BCUT2D eigenvalue weighted by atomic mass is 35.5. The van der Waals surface area contributed by atoms with Crippen molar-refractivity contribution in [1.29, 1.82) is 5.26 Å². The molecule has 0 aliphatic heterocycles. The zero-order valence-corrected chi connectivity index (χ0v) is 19.3. The van der Waals surface area contributed by atoms with E-state index in [1.807, 2.05) is 48.2 Å². The molecule has 32 heavy (non-hydrogen) atoms. The van der Waals surface area contributed by atoms with Crippen molar-refractivity contribution < 1.29 is 5.11 Å². The summed E-state index contributed by atoms with van der Waals surface area (Å²) >= 11 is 15.1. The number of imidazole rings is 1. The second kappa shape index (κ2) is 8.80. The van der Waals surface area contributed by atoms with Gasteiger partial charge in [0.1, 0.15) is 17.4 Å². The van der Waals surface area contributed by atoms with E-state index in [9.17, 15) is 10.4 Å². The summed E-state index contributed by atoms with van der Waals surface area (Å²) < 4.78 is 0. The van der Waals surface area contributed by atoms with E-state index < -0.39 is 6.10 Å². The zero-order chi connectivity index (χ0) is 22.2. The molecular formula is C25H19Cl2N3OS. The quantitative estimate of drug-likeness (QED) is 0.292. The van der Waals surface area contributed by atoms with Crippen molar-refractivity contribution in [1.82, 2.24) is 9.97 Å². The largest absolute Gasteiger partial charge is 0.380 e. The fourth-order valence-corrected chi connectivity index (χ4v) is 5.47. The molecule has 0 spiro atoms. The Hall–Kier alpha value is -2.49. The smallest absolute Gasteiger partial charge is 0.140 e. The molecule has 1 fully saturated rings. The second-order valence-corrected chi connectivity index (χ2v) is 9.83. The predicted molar refractivity (Wildman–Crippen MR) is 130 cm³/mol. The fraction of sp³-hybridized carbons (Fsp3) is 0.200. The van der Waals surface area contributed by atoms with E-state index in [0.29, 0.717) is 43.6 Å². The number of nitrogens with zero attached hydrogens (tertiary/aromatic N) is 2. The standard InChI is InChI=1S/C25H19Cl2N3OS/c26-19-11-20-23(22(27)21(19)18-4-2-1-3-16(18)12-28)30-25(29-20)24(31)15-7-9-17(10-8-15)32-13-14-5-6-14/h1-4,7-11,14,24,31H,5-6,13H2,(H,29,30). The summed E-state index contributed by atoms with van der Waals surface area (Å²) in [5.41, 5.74) is 3.57. The maximum Gasteiger partial charge on any atom is 0.140 e. The van der Waals surface area contributed by atoms with Gasteiger partial charge in [-0.25, -0.2) is 4.98 Å². The Kier molecular flexibility index (Phi) is 5.88. The summed E-state index contributed by atoms with van der Waals surface area (Å²) in [6.45, 7) is 0. The first kappa shape index (κ1) is 21.4. The van der Waals surface area contributed by atoms with Gasteiger partial charge in [-0.05, 0) is 48.6 Å². The minimum Gasteiger partial charge on any atom is -0.380 e. The number of nitriles is 1. The van der Waals surface area contributed by atoms with Crippen LogP contribution in [0.4, 0.5) is 0 Å². The third kappa shape index (κ3) is 4.12. The molecule has 1 aliphatic carbocycles. The zero-order valence-electron chi connectivity index (χ0n) is 17.0. The number of nitrogens with one attached hydrogen (secondary N) is 1. The van der Waals surface area contributed by atoms with Crippen LogP contribution in [0.2, 0.25) is 10.0 Å². The number of aliphatic hydroxyl groups is 1. The molecule has 0 radical (unpaired) electrons. The molecule has 2 N–H and O–H groups in total. The monoisotopic (exact) mass is 479 g/mol. The normalized spacial score (nSPS) is 14.4. The summed E-state index contributed by atoms with van der Waals surface area (Å²) in [6, 6.07) is 19.0. The van der Waals surface area contributed by atoms with E-state index in [4.69, 9.17) is 23.2 Å². The summed E-state index contributed by atoms with van der Waals surface area (Å²) in [4.78, 5) is 8.92. The van der Waals surface area contributed by atoms with E-state index in [2.05, 4.69) is 16.0 Å². The number of thioether (sulfide) groups is 1. The van der Waals surface area contributed by atoms with Crippen LogP contribution in [0, 0.1) is 17.2 Å². The highest BCUT2D eigenvalue weighted by Crippen LogP contribution is 2.41. The third-order valence-electron chi connectivity index (χ3n) is 5.64. The Morgan fingerprint density at radius 3 is 2.62 bits per heavy atom. The SMILES string of the molecule is N#Cc1ccccc1-c1c(Cl)cc2[nH]c(C(O)c3ccc(SCC4CC4)cc3)nc2c1Cl. The summed E-state index contributed by atoms with van der Waals surface area (Å²) in [7, 11) is 0. The number of halogens is 2. The number of rotatable bonds is 6. The Morgan fingerprint density at radius 2 is 1.91 bits per heavy atom. The molecule has 1 saturated carbocycles. The molecular weight excluding hydrogens is 461 g/mol. The number of fused-ring (bicyclic) bond motifs is 1. The molecule has 3 aromatic carbocycles. The molecule has 1 heterocycles. The first-order valence-corrected chi connectivity index (χ1v) is 12.1. The molecule has 0 bridgehead atoms. The number of benzene rings is 3. The molecule has 4 aromatic rings. The molecule has 0 amide bonds. The van der Waals surface area contributed by atoms with Crippen LogP contribution in [0.15, 0.2) is 59.5 Å². The summed E-state index contributed by atoms with van der Waals surface area (Å²) in [5.74, 6) is 2.41. The highest BCUT2D eigenvalue weighted by Gasteiger charge is 2.22. The topological polar surface area (TPSA) is 72.7 Å². The van der Waals surface area contributed by atoms with Gasteiger partial charge in [-0.15, -0.1) is 11.8 Å². The van der Waals surface area contributed by atoms with E-state index >= 15 is 0 Å². The van der Waals surface area contributed by atoms with Crippen LogP contribution in [0.25, 0.3) is 22.2 Å². The Bertz CT molecular complexity index is 1340. The predicted octanol–water partition coefficient (Wildman–Crippen LogP) is 6.99. The van der Waals surface area contributed by atoms with E-state index in [1.54, 1.807) is 18.2 Å². The van der Waals surface area contributed by atoms with E-state index in [-0.39, 0.29) is 0 Å². The van der Waals surface area contributed by atoms with Gasteiger partial charge in [-0.3, -0.25) is 0 Å². The van der Waals surface area contributed by atoms with Crippen molar-refractivity contribution in [3.05, 3.63) is 81.6 Å². The van der Waals surface area contributed by atoms with E-state index in [0.717, 1.165) is 17.2 Å². The first-order chi connectivity index (χ1) is 15.5. The summed E-state index contributed by atoms with van der Waals surface area (Å²) in [5, 5.41) is 21.1. The minimum absolute atomic E-state index is 0.344. The fourth-order valence-electron chi connectivity index (χ4n) is 3.68. The number of H-pyrrole nitrogens is 1. The molecule has 7 heteroatoms. The van der Waals surface area contributed by atoms with Gasteiger partial charge in [0.25, 0.3) is 0 Å². The average molecular weight is 480 g/mol. The van der Waals surface area contributed by atoms with Gasteiger partial charge in [0, 0.05) is 21.8 Å². The van der Waals surface area contributed by atoms with Crippen LogP contribution < -0.4 is 0 Å². The van der Waals surface area contributed by atoms with Crippen molar-refractivity contribution in [2.75, 3.05) is 5.75 Å². The van der Waals surface area contributed by atoms with Crippen LogP contribution in [0.1, 0.15) is 35.9 Å². The number of aromatic amines is 1. The van der Waals surface area contributed by atoms with Crippen LogP contribution in [-0.2, 0) is 0 Å². The maximum atomic E-state index is 10.9.